The van der Waals surface area contributed by atoms with Crippen LogP contribution in [0.15, 0.2) is 0 Å². The van der Waals surface area contributed by atoms with Crippen molar-refractivity contribution >= 4 is 0 Å². The van der Waals surface area contributed by atoms with E-state index in [4.69, 9.17) is 4.74 Å². The van der Waals surface area contributed by atoms with E-state index in [0.717, 1.165) is 19.6 Å². The van der Waals surface area contributed by atoms with Crippen molar-refractivity contribution in [1.82, 2.24) is 5.32 Å². The zero-order valence-electron chi connectivity index (χ0n) is 12.3. The van der Waals surface area contributed by atoms with Gasteiger partial charge in [0.15, 0.2) is 0 Å². The maximum absolute atomic E-state index is 5.87. The van der Waals surface area contributed by atoms with Gasteiger partial charge in [-0.1, -0.05) is 27.2 Å². The summed E-state index contributed by atoms with van der Waals surface area (Å²) < 4.78 is 5.87. The molecule has 0 aliphatic carbocycles. The summed E-state index contributed by atoms with van der Waals surface area (Å²) in [6.45, 7) is 17.3. The molecule has 1 N–H and O–H groups in total. The predicted octanol–water partition coefficient (Wildman–Crippen LogP) is 3.61. The first-order valence-corrected chi connectivity index (χ1v) is 6.53. The van der Waals surface area contributed by atoms with Gasteiger partial charge in [-0.05, 0) is 34.1 Å². The highest BCUT2D eigenvalue weighted by Crippen LogP contribution is 2.17. The fourth-order valence-corrected chi connectivity index (χ4v) is 1.41. The molecule has 2 heteroatoms. The molecule has 16 heavy (non-hydrogen) atoms. The zero-order valence-corrected chi connectivity index (χ0v) is 12.3. The van der Waals surface area contributed by atoms with Crippen molar-refractivity contribution in [3.05, 3.63) is 0 Å². The largest absolute Gasteiger partial charge is 0.378 e. The van der Waals surface area contributed by atoms with Crippen LogP contribution in [0, 0.1) is 5.41 Å². The molecule has 1 atom stereocenters. The van der Waals surface area contributed by atoms with Crippen molar-refractivity contribution < 1.29 is 4.74 Å². The molecule has 0 amide bonds. The van der Waals surface area contributed by atoms with E-state index < -0.39 is 0 Å². The molecule has 0 fully saturated rings. The molecule has 0 bridgehead atoms. The maximum Gasteiger partial charge on any atom is 0.0547 e. The molecular weight excluding hydrogens is 198 g/mol. The fourth-order valence-electron chi connectivity index (χ4n) is 1.41. The van der Waals surface area contributed by atoms with Crippen LogP contribution in [-0.4, -0.2) is 24.8 Å². The van der Waals surface area contributed by atoms with E-state index >= 15 is 0 Å². The average Bonchev–Trinajstić information content (AvgIpc) is 2.12. The summed E-state index contributed by atoms with van der Waals surface area (Å²) in [5.74, 6) is 0. The lowest BCUT2D eigenvalue weighted by Gasteiger charge is -2.31. The third kappa shape index (κ3) is 9.17. The summed E-state index contributed by atoms with van der Waals surface area (Å²) in [5.41, 5.74) is 0.390. The monoisotopic (exact) mass is 229 g/mol. The van der Waals surface area contributed by atoms with Crippen molar-refractivity contribution in [2.75, 3.05) is 13.2 Å². The van der Waals surface area contributed by atoms with Gasteiger partial charge in [-0.15, -0.1) is 0 Å². The van der Waals surface area contributed by atoms with E-state index in [0.29, 0.717) is 6.10 Å². The minimum atomic E-state index is 0.187. The highest BCUT2D eigenvalue weighted by molar-refractivity contribution is 4.78. The van der Waals surface area contributed by atoms with Crippen molar-refractivity contribution in [3.8, 4) is 0 Å². The van der Waals surface area contributed by atoms with Gasteiger partial charge in [0.05, 0.1) is 12.7 Å². The van der Waals surface area contributed by atoms with Crippen LogP contribution in [0.3, 0.4) is 0 Å². The number of hydrogen-bond donors (Lipinski definition) is 1. The number of ether oxygens (including phenoxy) is 1. The molecule has 0 aromatic rings. The lowest BCUT2D eigenvalue weighted by Crippen LogP contribution is -2.43. The summed E-state index contributed by atoms with van der Waals surface area (Å²) in [7, 11) is 0. The second kappa shape index (κ2) is 6.61. The van der Waals surface area contributed by atoms with Crippen molar-refractivity contribution in [3.63, 3.8) is 0 Å². The molecule has 0 saturated carbocycles. The molecule has 1 unspecified atom stereocenters. The molecular formula is C14H31NO. The van der Waals surface area contributed by atoms with Gasteiger partial charge in [0.1, 0.15) is 0 Å². The van der Waals surface area contributed by atoms with Gasteiger partial charge in [-0.25, -0.2) is 0 Å². The van der Waals surface area contributed by atoms with Crippen LogP contribution in [0.2, 0.25) is 0 Å². The lowest BCUT2D eigenvalue weighted by molar-refractivity contribution is 0.00646. The van der Waals surface area contributed by atoms with Gasteiger partial charge < -0.3 is 10.1 Å². The fraction of sp³-hybridized carbons (Fsp3) is 1.00. The van der Waals surface area contributed by atoms with Crippen LogP contribution >= 0.6 is 0 Å². The Kier molecular flexibility index (Phi) is 6.57. The van der Waals surface area contributed by atoms with E-state index in [-0.39, 0.29) is 11.0 Å². The summed E-state index contributed by atoms with van der Waals surface area (Å²) >= 11 is 0. The third-order valence-corrected chi connectivity index (χ3v) is 2.55. The average molecular weight is 229 g/mol. The van der Waals surface area contributed by atoms with E-state index in [1.807, 2.05) is 0 Å². The van der Waals surface area contributed by atoms with Crippen LogP contribution in [0.1, 0.15) is 61.3 Å². The molecule has 0 saturated heterocycles. The van der Waals surface area contributed by atoms with Gasteiger partial charge in [-0.2, -0.15) is 0 Å². The normalized spacial score (nSPS) is 15.2. The topological polar surface area (TPSA) is 21.3 Å². The van der Waals surface area contributed by atoms with Gasteiger partial charge >= 0.3 is 0 Å². The first kappa shape index (κ1) is 15.9. The molecule has 0 radical (unpaired) electrons. The SMILES string of the molecule is CCCC(C)OCC(C)(C)CNC(C)(C)C. The molecule has 0 aliphatic rings. The van der Waals surface area contributed by atoms with E-state index in [1.54, 1.807) is 0 Å². The Bertz CT molecular complexity index is 182. The Hall–Kier alpha value is -0.0800. The second-order valence-corrected chi connectivity index (χ2v) is 6.68. The summed E-state index contributed by atoms with van der Waals surface area (Å²) in [4.78, 5) is 0. The predicted molar refractivity (Wildman–Crippen MR) is 71.9 cm³/mol. The Morgan fingerprint density at radius 2 is 1.69 bits per heavy atom. The number of nitrogens with one attached hydrogen (secondary N) is 1. The maximum atomic E-state index is 5.87. The molecule has 0 aromatic heterocycles. The quantitative estimate of drug-likeness (QED) is 0.720. The summed E-state index contributed by atoms with van der Waals surface area (Å²) in [6.07, 6.45) is 2.74. The Balaban J connectivity index is 3.86. The highest BCUT2D eigenvalue weighted by atomic mass is 16.5. The minimum Gasteiger partial charge on any atom is -0.378 e. The smallest absolute Gasteiger partial charge is 0.0547 e. The van der Waals surface area contributed by atoms with Crippen molar-refractivity contribution in [2.24, 2.45) is 5.41 Å². The molecule has 0 aromatic carbocycles. The van der Waals surface area contributed by atoms with Crippen molar-refractivity contribution in [1.29, 1.82) is 0 Å². The molecule has 98 valence electrons. The number of hydrogen-bond acceptors (Lipinski definition) is 2. The number of rotatable bonds is 7. The van der Waals surface area contributed by atoms with Gasteiger partial charge in [0.25, 0.3) is 0 Å². The summed E-state index contributed by atoms with van der Waals surface area (Å²) in [5, 5.41) is 3.54. The zero-order chi connectivity index (χ0) is 12.8. The molecule has 0 heterocycles. The first-order chi connectivity index (χ1) is 7.16. The molecule has 0 spiro atoms. The van der Waals surface area contributed by atoms with Gasteiger partial charge in [0.2, 0.25) is 0 Å². The Morgan fingerprint density at radius 3 is 2.12 bits per heavy atom. The minimum absolute atomic E-state index is 0.187. The standard InChI is InChI=1S/C14H31NO/c1-8-9-12(2)16-11-14(6,7)10-15-13(3,4)5/h12,15H,8-11H2,1-7H3. The lowest BCUT2D eigenvalue weighted by atomic mass is 9.93. The second-order valence-electron chi connectivity index (χ2n) is 6.68. The van der Waals surface area contributed by atoms with Crippen LogP contribution in [0.4, 0.5) is 0 Å². The van der Waals surface area contributed by atoms with E-state index in [1.165, 1.54) is 6.42 Å². The van der Waals surface area contributed by atoms with Crippen LogP contribution in [-0.2, 0) is 4.74 Å². The molecule has 0 rings (SSSR count). The van der Waals surface area contributed by atoms with Crippen LogP contribution in [0.25, 0.3) is 0 Å². The van der Waals surface area contributed by atoms with Gasteiger partial charge in [-0.3, -0.25) is 0 Å². The van der Waals surface area contributed by atoms with E-state index in [9.17, 15) is 0 Å². The summed E-state index contributed by atoms with van der Waals surface area (Å²) in [6, 6.07) is 0. The van der Waals surface area contributed by atoms with Crippen LogP contribution in [0.5, 0.6) is 0 Å². The van der Waals surface area contributed by atoms with Crippen LogP contribution < -0.4 is 5.32 Å². The van der Waals surface area contributed by atoms with E-state index in [2.05, 4.69) is 53.8 Å². The molecule has 0 aliphatic heterocycles. The Labute approximate surface area is 102 Å². The Morgan fingerprint density at radius 1 is 1.12 bits per heavy atom. The van der Waals surface area contributed by atoms with Gasteiger partial charge in [0, 0.05) is 17.5 Å². The molecule has 2 nitrogen and oxygen atoms in total. The van der Waals surface area contributed by atoms with Crippen molar-refractivity contribution in [2.45, 2.75) is 73.0 Å². The highest BCUT2D eigenvalue weighted by Gasteiger charge is 2.21. The third-order valence-electron chi connectivity index (χ3n) is 2.55. The first-order valence-electron chi connectivity index (χ1n) is 6.53.